The fourth-order valence-electron chi connectivity index (χ4n) is 3.03. The molecule has 1 fully saturated rings. The molecule has 0 unspecified atom stereocenters. The summed E-state index contributed by atoms with van der Waals surface area (Å²) in [4.78, 5) is 16.6. The summed E-state index contributed by atoms with van der Waals surface area (Å²) in [6.45, 7) is 8.06. The highest BCUT2D eigenvalue weighted by Gasteiger charge is 2.41. The fourth-order valence-corrected chi connectivity index (χ4v) is 3.03. The zero-order chi connectivity index (χ0) is 17.7. The Labute approximate surface area is 142 Å². The summed E-state index contributed by atoms with van der Waals surface area (Å²) in [6, 6.07) is 7.30. The van der Waals surface area contributed by atoms with Gasteiger partial charge in [-0.05, 0) is 13.0 Å². The van der Waals surface area contributed by atoms with E-state index in [0.717, 1.165) is 26.2 Å². The molecule has 1 aromatic carbocycles. The van der Waals surface area contributed by atoms with Gasteiger partial charge in [0.15, 0.2) is 0 Å². The van der Waals surface area contributed by atoms with E-state index in [9.17, 15) is 13.6 Å². The molecular formula is C18H27F2N3O. The molecule has 1 N–H and O–H groups in total. The third-order valence-corrected chi connectivity index (χ3v) is 4.67. The van der Waals surface area contributed by atoms with Gasteiger partial charge < -0.3 is 10.2 Å². The van der Waals surface area contributed by atoms with E-state index in [1.807, 2.05) is 0 Å². The van der Waals surface area contributed by atoms with Gasteiger partial charge in [0.25, 0.3) is 5.91 Å². The average molecular weight is 339 g/mol. The Bertz CT molecular complexity index is 528. The molecule has 1 aromatic rings. The number of piperazine rings is 1. The quantitative estimate of drug-likeness (QED) is 0.863. The lowest BCUT2D eigenvalue weighted by Gasteiger charge is -2.40. The Balaban J connectivity index is 1.97. The number of hydrogen-bond donors (Lipinski definition) is 1. The van der Waals surface area contributed by atoms with E-state index >= 15 is 0 Å². The molecule has 134 valence electrons. The second-order valence-electron chi connectivity index (χ2n) is 6.80. The van der Waals surface area contributed by atoms with Crippen LogP contribution in [0.5, 0.6) is 0 Å². The molecule has 0 bridgehead atoms. The summed E-state index contributed by atoms with van der Waals surface area (Å²) >= 11 is 0. The third-order valence-electron chi connectivity index (χ3n) is 4.67. The van der Waals surface area contributed by atoms with Crippen LogP contribution in [0, 0.1) is 5.92 Å². The molecule has 0 spiro atoms. The first-order valence-corrected chi connectivity index (χ1v) is 8.46. The van der Waals surface area contributed by atoms with Crippen LogP contribution in [-0.4, -0.2) is 61.5 Å². The Morgan fingerprint density at radius 3 is 2.29 bits per heavy atom. The minimum Gasteiger partial charge on any atom is -0.349 e. The maximum Gasteiger partial charge on any atom is 0.349 e. The average Bonchev–Trinajstić information content (AvgIpc) is 2.57. The molecule has 2 rings (SSSR count). The summed E-state index contributed by atoms with van der Waals surface area (Å²) in [6.07, 6.45) is 0. The molecule has 0 aliphatic carbocycles. The van der Waals surface area contributed by atoms with E-state index < -0.39 is 11.8 Å². The van der Waals surface area contributed by atoms with E-state index in [2.05, 4.69) is 36.0 Å². The summed E-state index contributed by atoms with van der Waals surface area (Å²) in [5, 5.41) is 2.47. The van der Waals surface area contributed by atoms with Gasteiger partial charge in [-0.3, -0.25) is 9.69 Å². The molecule has 6 heteroatoms. The first-order chi connectivity index (χ1) is 11.3. The highest BCUT2D eigenvalue weighted by atomic mass is 19.3. The van der Waals surface area contributed by atoms with Gasteiger partial charge >= 0.3 is 5.92 Å². The number of benzene rings is 1. The van der Waals surface area contributed by atoms with Crippen LogP contribution in [0.2, 0.25) is 0 Å². The minimum atomic E-state index is -3.51. The van der Waals surface area contributed by atoms with E-state index in [0.29, 0.717) is 0 Å². The topological polar surface area (TPSA) is 35.6 Å². The third kappa shape index (κ3) is 4.51. The van der Waals surface area contributed by atoms with Gasteiger partial charge in [-0.2, -0.15) is 8.78 Å². The normalized spacial score (nSPS) is 18.6. The van der Waals surface area contributed by atoms with Crippen molar-refractivity contribution >= 4 is 5.91 Å². The Hall–Kier alpha value is -1.53. The number of halogens is 2. The van der Waals surface area contributed by atoms with Crippen molar-refractivity contribution in [1.29, 1.82) is 0 Å². The monoisotopic (exact) mass is 339 g/mol. The molecular weight excluding hydrogens is 312 g/mol. The number of alkyl halides is 2. The number of amides is 1. The van der Waals surface area contributed by atoms with Gasteiger partial charge in [0.1, 0.15) is 0 Å². The number of likely N-dealkylation sites (N-methyl/N-ethyl adjacent to an activating group) is 1. The fraction of sp³-hybridized carbons (Fsp3) is 0.611. The van der Waals surface area contributed by atoms with Crippen molar-refractivity contribution in [1.82, 2.24) is 15.1 Å². The van der Waals surface area contributed by atoms with Crippen molar-refractivity contribution in [2.75, 3.05) is 39.8 Å². The molecule has 1 amide bonds. The van der Waals surface area contributed by atoms with Crippen molar-refractivity contribution in [3.8, 4) is 0 Å². The zero-order valence-electron chi connectivity index (χ0n) is 14.6. The van der Waals surface area contributed by atoms with Gasteiger partial charge in [-0.15, -0.1) is 0 Å². The second-order valence-corrected chi connectivity index (χ2v) is 6.80. The number of rotatable bonds is 6. The SMILES string of the molecule is CC(C)[C@@H](CNC(=O)C(F)(F)c1ccccc1)N1CCN(C)CC1. The van der Waals surface area contributed by atoms with E-state index in [1.165, 1.54) is 24.3 Å². The summed E-state index contributed by atoms with van der Waals surface area (Å²) in [5.74, 6) is -4.46. The van der Waals surface area contributed by atoms with Crippen LogP contribution in [0.15, 0.2) is 30.3 Å². The van der Waals surface area contributed by atoms with Crippen LogP contribution < -0.4 is 5.32 Å². The number of carbonyl (C=O) groups excluding carboxylic acids is 1. The zero-order valence-corrected chi connectivity index (χ0v) is 14.6. The summed E-state index contributed by atoms with van der Waals surface area (Å²) in [5.41, 5.74) is -0.275. The Morgan fingerprint density at radius 2 is 1.75 bits per heavy atom. The highest BCUT2D eigenvalue weighted by molar-refractivity contribution is 5.84. The number of hydrogen-bond acceptors (Lipinski definition) is 3. The van der Waals surface area contributed by atoms with Crippen molar-refractivity contribution in [2.24, 2.45) is 5.92 Å². The number of carbonyl (C=O) groups is 1. The van der Waals surface area contributed by atoms with Gasteiger partial charge in [-0.25, -0.2) is 0 Å². The standard InChI is InChI=1S/C18H27F2N3O/c1-14(2)16(23-11-9-22(3)10-12-23)13-21-17(24)18(19,20)15-7-5-4-6-8-15/h4-8,14,16H,9-13H2,1-3H3,(H,21,24)/t16-/m1/s1. The van der Waals surface area contributed by atoms with Crippen molar-refractivity contribution in [2.45, 2.75) is 25.8 Å². The molecule has 1 atom stereocenters. The second kappa shape index (κ2) is 8.03. The minimum absolute atomic E-state index is 0.0641. The molecule has 24 heavy (non-hydrogen) atoms. The molecule has 4 nitrogen and oxygen atoms in total. The van der Waals surface area contributed by atoms with Crippen LogP contribution in [0.4, 0.5) is 8.78 Å². The number of nitrogens with zero attached hydrogens (tertiary/aromatic N) is 2. The lowest BCUT2D eigenvalue weighted by atomic mass is 10.0. The van der Waals surface area contributed by atoms with E-state index in [4.69, 9.17) is 0 Å². The van der Waals surface area contributed by atoms with Crippen LogP contribution in [0.3, 0.4) is 0 Å². The van der Waals surface area contributed by atoms with Gasteiger partial charge in [0.05, 0.1) is 0 Å². The first kappa shape index (κ1) is 18.8. The molecule has 0 aromatic heterocycles. The van der Waals surface area contributed by atoms with Crippen molar-refractivity contribution in [3.05, 3.63) is 35.9 Å². The largest absolute Gasteiger partial charge is 0.349 e. The molecule has 1 aliphatic heterocycles. The van der Waals surface area contributed by atoms with Crippen LogP contribution >= 0.6 is 0 Å². The van der Waals surface area contributed by atoms with Gasteiger partial charge in [-0.1, -0.05) is 44.2 Å². The number of nitrogens with one attached hydrogen (secondary N) is 1. The lowest BCUT2D eigenvalue weighted by molar-refractivity contribution is -0.147. The molecule has 0 radical (unpaired) electrons. The van der Waals surface area contributed by atoms with Gasteiger partial charge in [0, 0.05) is 44.3 Å². The summed E-state index contributed by atoms with van der Waals surface area (Å²) in [7, 11) is 2.07. The molecule has 1 saturated heterocycles. The summed E-state index contributed by atoms with van der Waals surface area (Å²) < 4.78 is 28.5. The van der Waals surface area contributed by atoms with Crippen LogP contribution in [0.1, 0.15) is 19.4 Å². The molecule has 0 saturated carbocycles. The van der Waals surface area contributed by atoms with Crippen molar-refractivity contribution in [3.63, 3.8) is 0 Å². The predicted octanol–water partition coefficient (Wildman–Crippen LogP) is 2.17. The van der Waals surface area contributed by atoms with Crippen LogP contribution in [0.25, 0.3) is 0 Å². The van der Waals surface area contributed by atoms with Crippen LogP contribution in [-0.2, 0) is 10.7 Å². The van der Waals surface area contributed by atoms with Crippen molar-refractivity contribution < 1.29 is 13.6 Å². The van der Waals surface area contributed by atoms with E-state index in [-0.39, 0.29) is 24.1 Å². The smallest absolute Gasteiger partial charge is 0.349 e. The highest BCUT2D eigenvalue weighted by Crippen LogP contribution is 2.28. The Morgan fingerprint density at radius 1 is 1.17 bits per heavy atom. The lowest BCUT2D eigenvalue weighted by Crippen LogP contribution is -2.55. The Kier molecular flexibility index (Phi) is 6.29. The predicted molar refractivity (Wildman–Crippen MR) is 91.0 cm³/mol. The van der Waals surface area contributed by atoms with Gasteiger partial charge in [0.2, 0.25) is 0 Å². The first-order valence-electron chi connectivity index (χ1n) is 8.46. The van der Waals surface area contributed by atoms with E-state index in [1.54, 1.807) is 6.07 Å². The molecule has 1 aliphatic rings. The molecule has 1 heterocycles. The maximum atomic E-state index is 14.3. The maximum absolute atomic E-state index is 14.3.